The van der Waals surface area contributed by atoms with Crippen molar-refractivity contribution >= 4 is 17.4 Å². The van der Waals surface area contributed by atoms with Crippen molar-refractivity contribution in [2.45, 2.75) is 25.8 Å². The Bertz CT molecular complexity index is 1070. The van der Waals surface area contributed by atoms with Crippen LogP contribution >= 0.6 is 0 Å². The van der Waals surface area contributed by atoms with E-state index in [0.717, 1.165) is 18.1 Å². The van der Waals surface area contributed by atoms with Gasteiger partial charge in [0.1, 0.15) is 23.0 Å². The SMILES string of the molecule is CCc1ccc(OC)c(N2NC(CC(=O)OC)C(C(=O)c3ccc(OC)cc3F)=C2O)c1. The molecule has 0 spiro atoms. The number of hydrogen-bond donors (Lipinski definition) is 2. The Kier molecular flexibility index (Phi) is 6.99. The highest BCUT2D eigenvalue weighted by Crippen LogP contribution is 2.36. The Balaban J connectivity index is 2.10. The zero-order valence-electron chi connectivity index (χ0n) is 18.3. The number of ketones is 1. The Morgan fingerprint density at radius 1 is 1.12 bits per heavy atom. The first kappa shape index (κ1) is 23.1. The Morgan fingerprint density at radius 2 is 1.88 bits per heavy atom. The van der Waals surface area contributed by atoms with Crippen LogP contribution in [0.3, 0.4) is 0 Å². The van der Waals surface area contributed by atoms with Crippen LogP contribution in [0, 0.1) is 5.82 Å². The van der Waals surface area contributed by atoms with E-state index >= 15 is 0 Å². The third-order valence-corrected chi connectivity index (χ3v) is 5.24. The van der Waals surface area contributed by atoms with Gasteiger partial charge < -0.3 is 19.3 Å². The Morgan fingerprint density at radius 3 is 2.47 bits per heavy atom. The molecule has 32 heavy (non-hydrogen) atoms. The predicted molar refractivity (Wildman–Crippen MR) is 115 cm³/mol. The fourth-order valence-corrected chi connectivity index (χ4v) is 3.48. The molecule has 1 unspecified atom stereocenters. The molecule has 1 heterocycles. The van der Waals surface area contributed by atoms with Crippen molar-refractivity contribution in [2.24, 2.45) is 0 Å². The average Bonchev–Trinajstić information content (AvgIpc) is 3.13. The van der Waals surface area contributed by atoms with E-state index in [2.05, 4.69) is 5.43 Å². The van der Waals surface area contributed by atoms with Gasteiger partial charge in [-0.05, 0) is 36.2 Å². The van der Waals surface area contributed by atoms with Crippen molar-refractivity contribution in [3.8, 4) is 11.5 Å². The molecule has 0 radical (unpaired) electrons. The van der Waals surface area contributed by atoms with Crippen LogP contribution in [0.4, 0.5) is 10.1 Å². The lowest BCUT2D eigenvalue weighted by molar-refractivity contribution is -0.140. The van der Waals surface area contributed by atoms with E-state index in [1.54, 1.807) is 12.1 Å². The molecular formula is C23H25FN2O6. The van der Waals surface area contributed by atoms with Crippen molar-refractivity contribution in [1.82, 2.24) is 5.43 Å². The number of aliphatic hydroxyl groups excluding tert-OH is 1. The summed E-state index contributed by atoms with van der Waals surface area (Å²) in [4.78, 5) is 25.2. The summed E-state index contributed by atoms with van der Waals surface area (Å²) < 4.78 is 29.7. The van der Waals surface area contributed by atoms with Gasteiger partial charge in [0.25, 0.3) is 0 Å². The molecule has 3 rings (SSSR count). The molecule has 9 heteroatoms. The largest absolute Gasteiger partial charge is 0.497 e. The highest BCUT2D eigenvalue weighted by molar-refractivity contribution is 6.11. The molecular weight excluding hydrogens is 419 g/mol. The third kappa shape index (κ3) is 4.38. The van der Waals surface area contributed by atoms with E-state index in [4.69, 9.17) is 14.2 Å². The second kappa shape index (κ2) is 9.69. The number of anilines is 1. The van der Waals surface area contributed by atoms with Crippen molar-refractivity contribution in [3.05, 3.63) is 64.8 Å². The maximum atomic E-state index is 14.6. The third-order valence-electron chi connectivity index (χ3n) is 5.24. The van der Waals surface area contributed by atoms with Crippen molar-refractivity contribution < 1.29 is 33.3 Å². The van der Waals surface area contributed by atoms with Crippen LogP contribution in [-0.4, -0.2) is 44.2 Å². The molecule has 0 aromatic heterocycles. The second-order valence-electron chi connectivity index (χ2n) is 7.07. The first-order valence-electron chi connectivity index (χ1n) is 9.95. The van der Waals surface area contributed by atoms with Gasteiger partial charge >= 0.3 is 5.97 Å². The van der Waals surface area contributed by atoms with E-state index in [0.29, 0.717) is 11.4 Å². The smallest absolute Gasteiger partial charge is 0.307 e. The molecule has 2 N–H and O–H groups in total. The normalized spacial score (nSPS) is 15.7. The number of aliphatic hydroxyl groups is 1. The summed E-state index contributed by atoms with van der Waals surface area (Å²) in [6, 6.07) is 8.24. The Labute approximate surface area is 185 Å². The van der Waals surface area contributed by atoms with E-state index in [1.165, 1.54) is 38.5 Å². The number of carbonyl (C=O) groups is 2. The summed E-state index contributed by atoms with van der Waals surface area (Å²) in [5.41, 5.74) is 3.93. The van der Waals surface area contributed by atoms with Crippen LogP contribution in [0.5, 0.6) is 11.5 Å². The summed E-state index contributed by atoms with van der Waals surface area (Å²) in [7, 11) is 4.08. The Hall–Kier alpha value is -3.59. The number of esters is 1. The number of aryl methyl sites for hydroxylation is 1. The van der Waals surface area contributed by atoms with Gasteiger partial charge in [0.15, 0.2) is 5.78 Å². The van der Waals surface area contributed by atoms with Crippen LogP contribution in [0.2, 0.25) is 0 Å². The summed E-state index contributed by atoms with van der Waals surface area (Å²) >= 11 is 0. The minimum Gasteiger partial charge on any atom is -0.497 e. The molecule has 0 fully saturated rings. The summed E-state index contributed by atoms with van der Waals surface area (Å²) in [5.74, 6) is -1.96. The number of nitrogens with one attached hydrogen (secondary N) is 1. The summed E-state index contributed by atoms with van der Waals surface area (Å²) in [5, 5.41) is 12.3. The molecule has 0 aliphatic carbocycles. The van der Waals surface area contributed by atoms with Crippen molar-refractivity contribution in [2.75, 3.05) is 26.3 Å². The number of rotatable bonds is 8. The van der Waals surface area contributed by atoms with Gasteiger partial charge in [-0.3, -0.25) is 9.59 Å². The maximum absolute atomic E-state index is 14.6. The molecule has 170 valence electrons. The molecule has 1 atom stereocenters. The number of carbonyl (C=O) groups excluding carboxylic acids is 2. The number of nitrogens with zero attached hydrogens (tertiary/aromatic N) is 1. The van der Waals surface area contributed by atoms with Crippen LogP contribution in [0.15, 0.2) is 47.9 Å². The van der Waals surface area contributed by atoms with Gasteiger partial charge in [-0.1, -0.05) is 13.0 Å². The molecule has 1 aliphatic rings. The standard InChI is InChI=1S/C23H25FN2O6/c1-5-13-6-9-19(31-3)18(10-13)26-23(29)21(17(25-26)12-20(27)32-4)22(28)15-8-7-14(30-2)11-16(15)24/h6-11,17,25,29H,5,12H2,1-4H3. The van der Waals surface area contributed by atoms with E-state index in [1.807, 2.05) is 13.0 Å². The summed E-state index contributed by atoms with van der Waals surface area (Å²) in [6.07, 6.45) is 0.468. The molecule has 2 aromatic rings. The molecule has 1 aliphatic heterocycles. The van der Waals surface area contributed by atoms with Crippen LogP contribution < -0.4 is 19.9 Å². The zero-order chi connectivity index (χ0) is 23.4. The molecule has 0 saturated heterocycles. The quantitative estimate of drug-likeness (QED) is 0.473. The number of benzene rings is 2. The minimum absolute atomic E-state index is 0.163. The van der Waals surface area contributed by atoms with Crippen LogP contribution in [0.25, 0.3) is 0 Å². The van der Waals surface area contributed by atoms with Crippen molar-refractivity contribution in [3.63, 3.8) is 0 Å². The van der Waals surface area contributed by atoms with Gasteiger partial charge in [-0.25, -0.2) is 14.8 Å². The van der Waals surface area contributed by atoms with E-state index in [9.17, 15) is 19.1 Å². The number of Topliss-reactive ketones (excluding diaryl/α,β-unsaturated/α-hetero) is 1. The fourth-order valence-electron chi connectivity index (χ4n) is 3.48. The monoisotopic (exact) mass is 444 g/mol. The number of methoxy groups -OCH3 is 3. The topological polar surface area (TPSA) is 97.3 Å². The first-order valence-corrected chi connectivity index (χ1v) is 9.95. The first-order chi connectivity index (χ1) is 15.3. The second-order valence-corrected chi connectivity index (χ2v) is 7.07. The lowest BCUT2D eigenvalue weighted by atomic mass is 9.96. The molecule has 0 saturated carbocycles. The highest BCUT2D eigenvalue weighted by atomic mass is 19.1. The van der Waals surface area contributed by atoms with Gasteiger partial charge in [0.05, 0.1) is 44.9 Å². The average molecular weight is 444 g/mol. The highest BCUT2D eigenvalue weighted by Gasteiger charge is 2.39. The van der Waals surface area contributed by atoms with Crippen LogP contribution in [-0.2, 0) is 16.0 Å². The fraction of sp³-hybridized carbons (Fsp3) is 0.304. The predicted octanol–water partition coefficient (Wildman–Crippen LogP) is 3.31. The van der Waals surface area contributed by atoms with Gasteiger partial charge in [-0.2, -0.15) is 0 Å². The molecule has 0 bridgehead atoms. The number of halogens is 1. The number of hydrazine groups is 1. The molecule has 8 nitrogen and oxygen atoms in total. The summed E-state index contributed by atoms with van der Waals surface area (Å²) in [6.45, 7) is 1.97. The maximum Gasteiger partial charge on any atom is 0.307 e. The van der Waals surface area contributed by atoms with Gasteiger partial charge in [-0.15, -0.1) is 0 Å². The molecule has 0 amide bonds. The number of hydrogen-bond acceptors (Lipinski definition) is 8. The minimum atomic E-state index is -0.952. The van der Waals surface area contributed by atoms with Crippen molar-refractivity contribution in [1.29, 1.82) is 0 Å². The molecule has 2 aromatic carbocycles. The van der Waals surface area contributed by atoms with E-state index < -0.39 is 29.5 Å². The zero-order valence-corrected chi connectivity index (χ0v) is 18.3. The van der Waals surface area contributed by atoms with E-state index in [-0.39, 0.29) is 23.3 Å². The lowest BCUT2D eigenvalue weighted by Crippen LogP contribution is -2.39. The number of ether oxygens (including phenoxy) is 3. The van der Waals surface area contributed by atoms with Crippen LogP contribution in [0.1, 0.15) is 29.3 Å². The lowest BCUT2D eigenvalue weighted by Gasteiger charge is -2.23. The van der Waals surface area contributed by atoms with Gasteiger partial charge in [0.2, 0.25) is 5.88 Å². The van der Waals surface area contributed by atoms with Gasteiger partial charge in [0, 0.05) is 6.07 Å².